The second kappa shape index (κ2) is 5.27. The fraction of sp³-hybridized carbons (Fsp3) is 0. The van der Waals surface area contributed by atoms with Gasteiger partial charge in [0.05, 0.1) is 5.69 Å². The first-order valence-corrected chi connectivity index (χ1v) is 6.29. The fourth-order valence-corrected chi connectivity index (χ4v) is 1.96. The van der Waals surface area contributed by atoms with E-state index in [9.17, 15) is 13.2 Å². The monoisotopic (exact) mass is 380 g/mol. The number of nitrogens with one attached hydrogen (secondary N) is 1. The van der Waals surface area contributed by atoms with Crippen LogP contribution in [0, 0.1) is 17.6 Å². The standard InChI is InChI=1S/C11H5Br2F3N2/c12-5-1-2-6(13)9(3-5)17-11-8(15)4-7(14)10(16)18-11/h1-4H,(H,17,18). The highest BCUT2D eigenvalue weighted by Crippen LogP contribution is 2.29. The Hall–Kier alpha value is -1.08. The first-order valence-electron chi connectivity index (χ1n) is 4.71. The molecule has 0 unspecified atom stereocenters. The normalized spacial score (nSPS) is 10.5. The van der Waals surface area contributed by atoms with Crippen molar-refractivity contribution in [1.82, 2.24) is 4.98 Å². The average molecular weight is 382 g/mol. The third kappa shape index (κ3) is 2.84. The van der Waals surface area contributed by atoms with Gasteiger partial charge in [0, 0.05) is 15.0 Å². The quantitative estimate of drug-likeness (QED) is 0.758. The Labute approximate surface area is 117 Å². The zero-order chi connectivity index (χ0) is 13.3. The van der Waals surface area contributed by atoms with Crippen LogP contribution in [0.2, 0.25) is 0 Å². The van der Waals surface area contributed by atoms with Crippen LogP contribution in [0.4, 0.5) is 24.7 Å². The number of hydrogen-bond acceptors (Lipinski definition) is 2. The lowest BCUT2D eigenvalue weighted by Crippen LogP contribution is -2.02. The molecule has 1 heterocycles. The Morgan fingerprint density at radius 2 is 1.72 bits per heavy atom. The summed E-state index contributed by atoms with van der Waals surface area (Å²) >= 11 is 6.49. The van der Waals surface area contributed by atoms with Crippen LogP contribution in [0.15, 0.2) is 33.2 Å². The van der Waals surface area contributed by atoms with E-state index in [0.29, 0.717) is 16.2 Å². The van der Waals surface area contributed by atoms with Crippen LogP contribution in [-0.2, 0) is 0 Å². The molecule has 0 saturated heterocycles. The lowest BCUT2D eigenvalue weighted by Gasteiger charge is -2.09. The summed E-state index contributed by atoms with van der Waals surface area (Å²) in [6.45, 7) is 0. The van der Waals surface area contributed by atoms with E-state index in [1.54, 1.807) is 18.2 Å². The second-order valence-electron chi connectivity index (χ2n) is 3.34. The Bertz CT molecular complexity index is 605. The van der Waals surface area contributed by atoms with Gasteiger partial charge in [-0.15, -0.1) is 0 Å². The van der Waals surface area contributed by atoms with Gasteiger partial charge in [-0.25, -0.2) is 8.78 Å². The number of pyridine rings is 1. The lowest BCUT2D eigenvalue weighted by atomic mass is 10.3. The van der Waals surface area contributed by atoms with Crippen molar-refractivity contribution in [2.24, 2.45) is 0 Å². The van der Waals surface area contributed by atoms with E-state index in [1.165, 1.54) is 0 Å². The molecular weight excluding hydrogens is 377 g/mol. The molecule has 0 spiro atoms. The summed E-state index contributed by atoms with van der Waals surface area (Å²) < 4.78 is 40.4. The lowest BCUT2D eigenvalue weighted by molar-refractivity contribution is 0.467. The van der Waals surface area contributed by atoms with Crippen molar-refractivity contribution in [2.75, 3.05) is 5.32 Å². The van der Waals surface area contributed by atoms with Gasteiger partial charge in [0.15, 0.2) is 17.5 Å². The zero-order valence-corrected chi connectivity index (χ0v) is 11.8. The number of benzene rings is 1. The molecule has 1 aromatic carbocycles. The molecule has 0 saturated carbocycles. The van der Waals surface area contributed by atoms with Crippen molar-refractivity contribution in [2.45, 2.75) is 0 Å². The van der Waals surface area contributed by atoms with Gasteiger partial charge in [0.25, 0.3) is 5.95 Å². The molecule has 0 aliphatic heterocycles. The SMILES string of the molecule is Fc1cc(F)c(Nc2cc(Br)ccc2Br)nc1F. The highest BCUT2D eigenvalue weighted by atomic mass is 79.9. The summed E-state index contributed by atoms with van der Waals surface area (Å²) in [4.78, 5) is 3.17. The van der Waals surface area contributed by atoms with Crippen LogP contribution in [0.5, 0.6) is 0 Å². The number of rotatable bonds is 2. The minimum Gasteiger partial charge on any atom is -0.337 e. The van der Waals surface area contributed by atoms with Gasteiger partial charge < -0.3 is 5.32 Å². The van der Waals surface area contributed by atoms with Crippen molar-refractivity contribution in [3.63, 3.8) is 0 Å². The van der Waals surface area contributed by atoms with Crippen LogP contribution >= 0.6 is 31.9 Å². The smallest absolute Gasteiger partial charge is 0.251 e. The molecule has 94 valence electrons. The van der Waals surface area contributed by atoms with E-state index in [-0.39, 0.29) is 5.82 Å². The van der Waals surface area contributed by atoms with Gasteiger partial charge in [0.2, 0.25) is 0 Å². The highest BCUT2D eigenvalue weighted by molar-refractivity contribution is 9.11. The highest BCUT2D eigenvalue weighted by Gasteiger charge is 2.12. The van der Waals surface area contributed by atoms with E-state index in [1.807, 2.05) is 0 Å². The minimum absolute atomic E-state index is 0.382. The van der Waals surface area contributed by atoms with E-state index in [0.717, 1.165) is 4.47 Å². The summed E-state index contributed by atoms with van der Waals surface area (Å²) in [6.07, 6.45) is 0. The number of hydrogen-bond donors (Lipinski definition) is 1. The minimum atomic E-state index is -1.36. The van der Waals surface area contributed by atoms with Gasteiger partial charge in [-0.1, -0.05) is 15.9 Å². The summed E-state index contributed by atoms with van der Waals surface area (Å²) in [5, 5.41) is 2.58. The van der Waals surface area contributed by atoms with E-state index in [2.05, 4.69) is 42.2 Å². The Kier molecular flexibility index (Phi) is 3.91. The predicted octanol–water partition coefficient (Wildman–Crippen LogP) is 4.77. The maximum Gasteiger partial charge on any atom is 0.251 e. The zero-order valence-electron chi connectivity index (χ0n) is 8.65. The summed E-state index contributed by atoms with van der Waals surface area (Å²) in [6, 6.07) is 5.57. The van der Waals surface area contributed by atoms with Crippen molar-refractivity contribution in [1.29, 1.82) is 0 Å². The topological polar surface area (TPSA) is 24.9 Å². The van der Waals surface area contributed by atoms with E-state index >= 15 is 0 Å². The summed E-state index contributed by atoms with van der Waals surface area (Å²) in [5.74, 6) is -4.04. The van der Waals surface area contributed by atoms with Crippen molar-refractivity contribution >= 4 is 43.4 Å². The maximum atomic E-state index is 13.4. The molecule has 0 atom stereocenters. The average Bonchev–Trinajstić information content (AvgIpc) is 2.30. The van der Waals surface area contributed by atoms with Gasteiger partial charge in [-0.05, 0) is 34.1 Å². The molecule has 0 radical (unpaired) electrons. The fourth-order valence-electron chi connectivity index (χ4n) is 1.25. The molecule has 1 N–H and O–H groups in total. The third-order valence-corrected chi connectivity index (χ3v) is 3.25. The van der Waals surface area contributed by atoms with Crippen LogP contribution in [-0.4, -0.2) is 4.98 Å². The molecule has 2 aromatic rings. The maximum absolute atomic E-state index is 13.4. The molecule has 2 nitrogen and oxygen atoms in total. The number of aromatic nitrogens is 1. The van der Waals surface area contributed by atoms with Crippen LogP contribution in [0.25, 0.3) is 0 Å². The molecule has 1 aromatic heterocycles. The van der Waals surface area contributed by atoms with E-state index < -0.39 is 17.6 Å². The molecule has 0 bridgehead atoms. The van der Waals surface area contributed by atoms with Gasteiger partial charge in [-0.2, -0.15) is 9.37 Å². The summed E-state index contributed by atoms with van der Waals surface area (Å²) in [5.41, 5.74) is 0.474. The van der Waals surface area contributed by atoms with Crippen LogP contribution in [0.3, 0.4) is 0 Å². The number of halogens is 5. The van der Waals surface area contributed by atoms with Gasteiger partial charge >= 0.3 is 0 Å². The largest absolute Gasteiger partial charge is 0.337 e. The molecule has 18 heavy (non-hydrogen) atoms. The van der Waals surface area contributed by atoms with Crippen molar-refractivity contribution in [3.8, 4) is 0 Å². The summed E-state index contributed by atoms with van der Waals surface area (Å²) in [7, 11) is 0. The van der Waals surface area contributed by atoms with Crippen LogP contribution < -0.4 is 5.32 Å². The Balaban J connectivity index is 2.40. The second-order valence-corrected chi connectivity index (χ2v) is 5.11. The number of anilines is 2. The predicted molar refractivity (Wildman–Crippen MR) is 69.2 cm³/mol. The molecule has 0 aliphatic rings. The first kappa shape index (κ1) is 13.4. The molecule has 7 heteroatoms. The molecule has 0 aliphatic carbocycles. The van der Waals surface area contributed by atoms with Gasteiger partial charge in [-0.3, -0.25) is 0 Å². The molecule has 0 fully saturated rings. The van der Waals surface area contributed by atoms with Crippen LogP contribution in [0.1, 0.15) is 0 Å². The number of nitrogens with zero attached hydrogens (tertiary/aromatic N) is 1. The van der Waals surface area contributed by atoms with Crippen molar-refractivity contribution < 1.29 is 13.2 Å². The Morgan fingerprint density at radius 1 is 1.00 bits per heavy atom. The van der Waals surface area contributed by atoms with Crippen molar-refractivity contribution in [3.05, 3.63) is 50.8 Å². The molecule has 2 rings (SSSR count). The molecular formula is C11H5Br2F3N2. The van der Waals surface area contributed by atoms with Gasteiger partial charge in [0.1, 0.15) is 0 Å². The first-order chi connectivity index (χ1) is 8.47. The molecule has 0 amide bonds. The Morgan fingerprint density at radius 3 is 2.44 bits per heavy atom. The third-order valence-electron chi connectivity index (χ3n) is 2.07. The van der Waals surface area contributed by atoms with E-state index in [4.69, 9.17) is 0 Å².